The summed E-state index contributed by atoms with van der Waals surface area (Å²) in [7, 11) is -2.37. The number of halogens is 1. The summed E-state index contributed by atoms with van der Waals surface area (Å²) in [6.45, 7) is 2.14. The van der Waals surface area contributed by atoms with E-state index < -0.39 is 10.0 Å². The molecule has 0 spiro atoms. The Morgan fingerprint density at radius 2 is 1.92 bits per heavy atom. The largest absolute Gasteiger partial charge is 0.495 e. The molecule has 0 saturated carbocycles. The average Bonchev–Trinajstić information content (AvgIpc) is 2.97. The number of aromatic nitrogens is 2. The van der Waals surface area contributed by atoms with Crippen LogP contribution in [0.4, 0.5) is 5.69 Å². The summed E-state index contributed by atoms with van der Waals surface area (Å²) in [4.78, 5) is 0.107. The molecule has 2 aromatic carbocycles. The molecular formula is C18H18ClN3O3S. The highest BCUT2D eigenvalue weighted by atomic mass is 35.5. The Morgan fingerprint density at radius 1 is 1.19 bits per heavy atom. The Hall–Kier alpha value is -2.51. The zero-order valence-corrected chi connectivity index (χ0v) is 15.9. The van der Waals surface area contributed by atoms with Gasteiger partial charge in [0.15, 0.2) is 0 Å². The second kappa shape index (κ2) is 7.39. The van der Waals surface area contributed by atoms with Crippen LogP contribution in [0.5, 0.6) is 5.75 Å². The Bertz CT molecular complexity index is 1020. The minimum atomic E-state index is -3.84. The van der Waals surface area contributed by atoms with Crippen molar-refractivity contribution in [2.45, 2.75) is 18.4 Å². The number of anilines is 1. The van der Waals surface area contributed by atoms with Gasteiger partial charge in [-0.15, -0.1) is 0 Å². The van der Waals surface area contributed by atoms with Crippen LogP contribution in [0, 0.1) is 6.92 Å². The number of aryl methyl sites for hydroxylation is 1. The highest BCUT2D eigenvalue weighted by Gasteiger charge is 2.22. The number of benzene rings is 2. The molecule has 26 heavy (non-hydrogen) atoms. The molecule has 0 unspecified atom stereocenters. The Kier molecular flexibility index (Phi) is 5.20. The summed E-state index contributed by atoms with van der Waals surface area (Å²) in [5.74, 6) is 0.382. The van der Waals surface area contributed by atoms with Crippen LogP contribution in [-0.4, -0.2) is 25.3 Å². The first kappa shape index (κ1) is 18.3. The maximum absolute atomic E-state index is 12.8. The van der Waals surface area contributed by atoms with Crippen molar-refractivity contribution in [1.29, 1.82) is 0 Å². The molecule has 6 nitrogen and oxygen atoms in total. The molecule has 3 rings (SSSR count). The van der Waals surface area contributed by atoms with Gasteiger partial charge in [0.1, 0.15) is 10.6 Å². The number of ether oxygens (including phenoxy) is 1. The van der Waals surface area contributed by atoms with E-state index in [1.807, 2.05) is 30.3 Å². The highest BCUT2D eigenvalue weighted by Crippen LogP contribution is 2.30. The van der Waals surface area contributed by atoms with Gasteiger partial charge in [0, 0.05) is 11.2 Å². The maximum Gasteiger partial charge on any atom is 0.265 e. The number of nitrogens with zero attached hydrogens (tertiary/aromatic N) is 2. The fourth-order valence-corrected chi connectivity index (χ4v) is 4.00. The maximum atomic E-state index is 12.8. The van der Waals surface area contributed by atoms with E-state index in [4.69, 9.17) is 16.3 Å². The summed E-state index contributed by atoms with van der Waals surface area (Å²) in [5.41, 5.74) is 1.72. The predicted molar refractivity (Wildman–Crippen MR) is 101 cm³/mol. The molecule has 0 aliphatic heterocycles. The van der Waals surface area contributed by atoms with Crippen LogP contribution in [-0.2, 0) is 16.6 Å². The number of hydrogen-bond acceptors (Lipinski definition) is 4. The lowest BCUT2D eigenvalue weighted by atomic mass is 10.2. The average molecular weight is 392 g/mol. The van der Waals surface area contributed by atoms with Gasteiger partial charge in [-0.1, -0.05) is 41.9 Å². The van der Waals surface area contributed by atoms with E-state index in [0.29, 0.717) is 23.0 Å². The first-order valence-corrected chi connectivity index (χ1v) is 9.69. The molecule has 3 aromatic rings. The molecule has 136 valence electrons. The fourth-order valence-electron chi connectivity index (χ4n) is 2.57. The molecule has 0 saturated heterocycles. The van der Waals surface area contributed by atoms with Crippen LogP contribution in [0.25, 0.3) is 0 Å². The van der Waals surface area contributed by atoms with E-state index in [1.54, 1.807) is 23.7 Å². The Morgan fingerprint density at radius 3 is 2.62 bits per heavy atom. The normalized spacial score (nSPS) is 11.3. The van der Waals surface area contributed by atoms with Crippen molar-refractivity contribution in [2.75, 3.05) is 11.8 Å². The molecule has 1 N–H and O–H groups in total. The lowest BCUT2D eigenvalue weighted by molar-refractivity contribution is 0.417. The smallest absolute Gasteiger partial charge is 0.265 e. The van der Waals surface area contributed by atoms with E-state index in [1.165, 1.54) is 19.4 Å². The zero-order chi connectivity index (χ0) is 18.7. The van der Waals surface area contributed by atoms with Gasteiger partial charge in [-0.25, -0.2) is 8.42 Å². The molecule has 0 fully saturated rings. The molecule has 0 atom stereocenters. The van der Waals surface area contributed by atoms with Gasteiger partial charge in [-0.3, -0.25) is 9.40 Å². The number of nitrogens with one attached hydrogen (secondary N) is 1. The first-order valence-electron chi connectivity index (χ1n) is 7.83. The monoisotopic (exact) mass is 391 g/mol. The second-order valence-corrected chi connectivity index (χ2v) is 7.80. The van der Waals surface area contributed by atoms with Crippen LogP contribution in [0.3, 0.4) is 0 Å². The van der Waals surface area contributed by atoms with Gasteiger partial charge in [0.2, 0.25) is 0 Å². The molecule has 0 aliphatic carbocycles. The molecule has 0 aliphatic rings. The SMILES string of the molecule is COc1ccc(Cl)cc1NS(=O)(=O)c1cn(Cc2ccccc2)nc1C. The quantitative estimate of drug-likeness (QED) is 0.695. The van der Waals surface area contributed by atoms with Crippen molar-refractivity contribution in [1.82, 2.24) is 9.78 Å². The third-order valence-electron chi connectivity index (χ3n) is 3.78. The predicted octanol–water partition coefficient (Wildman–Crippen LogP) is 3.70. The fraction of sp³-hybridized carbons (Fsp3) is 0.167. The van der Waals surface area contributed by atoms with Crippen LogP contribution in [0.1, 0.15) is 11.3 Å². The summed E-state index contributed by atoms with van der Waals surface area (Å²) in [5, 5.41) is 4.72. The third kappa shape index (κ3) is 4.00. The molecule has 0 amide bonds. The van der Waals surface area contributed by atoms with Crippen LogP contribution in [0.15, 0.2) is 59.6 Å². The summed E-state index contributed by atoms with van der Waals surface area (Å²) in [6, 6.07) is 14.4. The van der Waals surface area contributed by atoms with E-state index >= 15 is 0 Å². The standard InChI is InChI=1S/C18H18ClN3O3S/c1-13-18(12-22(20-13)11-14-6-4-3-5-7-14)26(23,24)21-16-10-15(19)8-9-17(16)25-2/h3-10,12,21H,11H2,1-2H3. The number of sulfonamides is 1. The molecule has 1 aromatic heterocycles. The summed E-state index contributed by atoms with van der Waals surface area (Å²) in [6.07, 6.45) is 1.52. The minimum Gasteiger partial charge on any atom is -0.495 e. The van der Waals surface area contributed by atoms with E-state index in [0.717, 1.165) is 5.56 Å². The number of hydrogen-bond donors (Lipinski definition) is 1. The van der Waals surface area contributed by atoms with Crippen molar-refractivity contribution in [3.8, 4) is 5.75 Å². The molecule has 0 radical (unpaired) electrons. The molecule has 0 bridgehead atoms. The van der Waals surface area contributed by atoms with E-state index in [-0.39, 0.29) is 10.6 Å². The van der Waals surface area contributed by atoms with Crippen LogP contribution in [0.2, 0.25) is 5.02 Å². The van der Waals surface area contributed by atoms with Gasteiger partial charge in [-0.05, 0) is 30.7 Å². The summed E-state index contributed by atoms with van der Waals surface area (Å²) < 4.78 is 34.9. The van der Waals surface area contributed by atoms with Gasteiger partial charge < -0.3 is 4.74 Å². The topological polar surface area (TPSA) is 73.2 Å². The second-order valence-electron chi connectivity index (χ2n) is 5.71. The van der Waals surface area contributed by atoms with Gasteiger partial charge in [0.25, 0.3) is 10.0 Å². The molecule has 1 heterocycles. The van der Waals surface area contributed by atoms with Gasteiger partial charge >= 0.3 is 0 Å². The summed E-state index contributed by atoms with van der Waals surface area (Å²) >= 11 is 5.97. The van der Waals surface area contributed by atoms with Crippen molar-refractivity contribution < 1.29 is 13.2 Å². The van der Waals surface area contributed by atoms with Crippen molar-refractivity contribution in [3.63, 3.8) is 0 Å². The molecular weight excluding hydrogens is 374 g/mol. The Labute approximate surface area is 157 Å². The van der Waals surface area contributed by atoms with Gasteiger partial charge in [0.05, 0.1) is 25.0 Å². The highest BCUT2D eigenvalue weighted by molar-refractivity contribution is 7.92. The number of rotatable bonds is 6. The van der Waals surface area contributed by atoms with Crippen molar-refractivity contribution in [3.05, 3.63) is 71.0 Å². The first-order chi connectivity index (χ1) is 12.4. The van der Waals surface area contributed by atoms with E-state index in [9.17, 15) is 8.42 Å². The zero-order valence-electron chi connectivity index (χ0n) is 14.3. The van der Waals surface area contributed by atoms with E-state index in [2.05, 4.69) is 9.82 Å². The number of methoxy groups -OCH3 is 1. The minimum absolute atomic E-state index is 0.107. The molecule has 8 heteroatoms. The van der Waals surface area contributed by atoms with Crippen molar-refractivity contribution >= 4 is 27.3 Å². The lowest BCUT2D eigenvalue weighted by Gasteiger charge is -2.11. The van der Waals surface area contributed by atoms with Crippen molar-refractivity contribution in [2.24, 2.45) is 0 Å². The van der Waals surface area contributed by atoms with Gasteiger partial charge in [-0.2, -0.15) is 5.10 Å². The Balaban J connectivity index is 1.89. The lowest BCUT2D eigenvalue weighted by Crippen LogP contribution is -2.14. The van der Waals surface area contributed by atoms with Crippen LogP contribution < -0.4 is 9.46 Å². The van der Waals surface area contributed by atoms with Crippen LogP contribution >= 0.6 is 11.6 Å². The third-order valence-corrected chi connectivity index (χ3v) is 5.49.